The Labute approximate surface area is 161 Å². The maximum Gasteiger partial charge on any atom is 0.271 e. The SMILES string of the molecule is O=C(N/N=C/c1ccccc1O)c1ccc(OCc2ccc(Cl)cc2)cc1. The van der Waals surface area contributed by atoms with Crippen LogP contribution in [0.3, 0.4) is 0 Å². The van der Waals surface area contributed by atoms with E-state index >= 15 is 0 Å². The molecule has 3 aromatic rings. The number of phenols is 1. The Hall–Kier alpha value is -3.31. The molecule has 3 rings (SSSR count). The Bertz CT molecular complexity index is 938. The summed E-state index contributed by atoms with van der Waals surface area (Å²) in [6.45, 7) is 0.410. The van der Waals surface area contributed by atoms with Gasteiger partial charge in [0.25, 0.3) is 5.91 Å². The second-order valence-corrected chi connectivity index (χ2v) is 6.13. The number of ether oxygens (including phenoxy) is 1. The first-order valence-corrected chi connectivity index (χ1v) is 8.58. The van der Waals surface area contributed by atoms with Gasteiger partial charge in [-0.1, -0.05) is 35.9 Å². The number of benzene rings is 3. The fourth-order valence-electron chi connectivity index (χ4n) is 2.27. The van der Waals surface area contributed by atoms with E-state index in [1.807, 2.05) is 24.3 Å². The van der Waals surface area contributed by atoms with E-state index in [0.29, 0.717) is 28.5 Å². The van der Waals surface area contributed by atoms with Crippen LogP contribution in [0.4, 0.5) is 0 Å². The molecule has 0 spiro atoms. The number of hydrazone groups is 1. The summed E-state index contributed by atoms with van der Waals surface area (Å²) in [7, 11) is 0. The fourth-order valence-corrected chi connectivity index (χ4v) is 2.40. The third kappa shape index (κ3) is 5.33. The average molecular weight is 381 g/mol. The second-order valence-electron chi connectivity index (χ2n) is 5.70. The van der Waals surface area contributed by atoms with Crippen molar-refractivity contribution in [2.24, 2.45) is 5.10 Å². The number of para-hydroxylation sites is 1. The van der Waals surface area contributed by atoms with Gasteiger partial charge >= 0.3 is 0 Å². The highest BCUT2D eigenvalue weighted by Gasteiger charge is 2.05. The first-order valence-electron chi connectivity index (χ1n) is 8.20. The Balaban J connectivity index is 1.54. The molecule has 0 aliphatic rings. The molecule has 136 valence electrons. The number of hydrogen-bond donors (Lipinski definition) is 2. The summed E-state index contributed by atoms with van der Waals surface area (Å²) in [5.41, 5.74) is 4.39. The Morgan fingerprint density at radius 3 is 2.44 bits per heavy atom. The topological polar surface area (TPSA) is 70.9 Å². The summed E-state index contributed by atoms with van der Waals surface area (Å²) in [6.07, 6.45) is 1.39. The smallest absolute Gasteiger partial charge is 0.271 e. The number of amides is 1. The first kappa shape index (κ1) is 18.5. The zero-order valence-electron chi connectivity index (χ0n) is 14.3. The maximum absolute atomic E-state index is 12.1. The van der Waals surface area contributed by atoms with E-state index in [4.69, 9.17) is 16.3 Å². The molecular weight excluding hydrogens is 364 g/mol. The first-order chi connectivity index (χ1) is 13.1. The lowest BCUT2D eigenvalue weighted by Crippen LogP contribution is -2.17. The number of nitrogens with zero attached hydrogens (tertiary/aromatic N) is 1. The molecule has 6 heteroatoms. The molecule has 0 aliphatic heterocycles. The summed E-state index contributed by atoms with van der Waals surface area (Å²) in [5, 5.41) is 14.2. The van der Waals surface area contributed by atoms with Crippen LogP contribution in [0.1, 0.15) is 21.5 Å². The summed E-state index contributed by atoms with van der Waals surface area (Å²) in [5.74, 6) is 0.391. The van der Waals surface area contributed by atoms with Gasteiger partial charge in [-0.25, -0.2) is 5.43 Å². The lowest BCUT2D eigenvalue weighted by Gasteiger charge is -2.07. The van der Waals surface area contributed by atoms with Crippen LogP contribution in [-0.2, 0) is 6.61 Å². The van der Waals surface area contributed by atoms with Gasteiger partial charge in [-0.2, -0.15) is 5.10 Å². The molecular formula is C21H17ClN2O3. The van der Waals surface area contributed by atoms with E-state index in [2.05, 4.69) is 10.5 Å². The van der Waals surface area contributed by atoms with Crippen LogP contribution in [0.25, 0.3) is 0 Å². The van der Waals surface area contributed by atoms with Gasteiger partial charge < -0.3 is 9.84 Å². The summed E-state index contributed by atoms with van der Waals surface area (Å²) in [6, 6.07) is 20.9. The molecule has 3 aromatic carbocycles. The number of rotatable bonds is 6. The normalized spacial score (nSPS) is 10.7. The molecule has 0 saturated heterocycles. The van der Waals surface area contributed by atoms with Crippen molar-refractivity contribution in [2.45, 2.75) is 6.61 Å². The molecule has 5 nitrogen and oxygen atoms in total. The van der Waals surface area contributed by atoms with Gasteiger partial charge in [0, 0.05) is 16.1 Å². The molecule has 0 saturated carbocycles. The quantitative estimate of drug-likeness (QED) is 0.492. The van der Waals surface area contributed by atoms with E-state index < -0.39 is 0 Å². The lowest BCUT2D eigenvalue weighted by atomic mass is 10.2. The van der Waals surface area contributed by atoms with E-state index in [9.17, 15) is 9.90 Å². The molecule has 0 aliphatic carbocycles. The van der Waals surface area contributed by atoms with Crippen molar-refractivity contribution in [1.29, 1.82) is 0 Å². The molecule has 0 unspecified atom stereocenters. The largest absolute Gasteiger partial charge is 0.507 e. The van der Waals surface area contributed by atoms with E-state index in [1.54, 1.807) is 48.5 Å². The monoisotopic (exact) mass is 380 g/mol. The number of carbonyl (C=O) groups excluding carboxylic acids is 1. The maximum atomic E-state index is 12.1. The fraction of sp³-hybridized carbons (Fsp3) is 0.0476. The van der Waals surface area contributed by atoms with Gasteiger partial charge in [0.2, 0.25) is 0 Å². The number of hydrogen-bond acceptors (Lipinski definition) is 4. The van der Waals surface area contributed by atoms with Crippen molar-refractivity contribution < 1.29 is 14.6 Å². The minimum atomic E-state index is -0.356. The standard InChI is InChI=1S/C21H17ClN2O3/c22-18-9-5-15(6-10-18)14-27-19-11-7-16(8-12-19)21(26)24-23-13-17-3-1-2-4-20(17)25/h1-13,25H,14H2,(H,24,26)/b23-13+. The molecule has 0 heterocycles. The molecule has 27 heavy (non-hydrogen) atoms. The molecule has 2 N–H and O–H groups in total. The number of carbonyl (C=O) groups is 1. The number of nitrogens with one attached hydrogen (secondary N) is 1. The number of halogens is 1. The van der Waals surface area contributed by atoms with Crippen LogP contribution in [0.2, 0.25) is 5.02 Å². The molecule has 0 fully saturated rings. The molecule has 0 atom stereocenters. The van der Waals surface area contributed by atoms with Gasteiger partial charge in [-0.3, -0.25) is 4.79 Å². The van der Waals surface area contributed by atoms with Crippen LogP contribution < -0.4 is 10.2 Å². The highest BCUT2D eigenvalue weighted by molar-refractivity contribution is 6.30. The van der Waals surface area contributed by atoms with Crippen molar-refractivity contribution in [1.82, 2.24) is 5.43 Å². The predicted octanol–water partition coefficient (Wildman–Crippen LogP) is 4.39. The van der Waals surface area contributed by atoms with Crippen molar-refractivity contribution in [2.75, 3.05) is 0 Å². The predicted molar refractivity (Wildman–Crippen MR) is 105 cm³/mol. The Morgan fingerprint density at radius 1 is 1.04 bits per heavy atom. The van der Waals surface area contributed by atoms with E-state index in [1.165, 1.54) is 6.21 Å². The van der Waals surface area contributed by atoms with Crippen LogP contribution >= 0.6 is 11.6 Å². The van der Waals surface area contributed by atoms with Crippen molar-refractivity contribution in [3.63, 3.8) is 0 Å². The van der Waals surface area contributed by atoms with Gasteiger partial charge in [0.05, 0.1) is 6.21 Å². The van der Waals surface area contributed by atoms with Gasteiger partial charge in [-0.15, -0.1) is 0 Å². The molecule has 0 radical (unpaired) electrons. The van der Waals surface area contributed by atoms with Crippen LogP contribution in [0, 0.1) is 0 Å². The molecule has 0 aromatic heterocycles. The van der Waals surface area contributed by atoms with Gasteiger partial charge in [0.15, 0.2) is 0 Å². The zero-order valence-corrected chi connectivity index (χ0v) is 15.1. The third-order valence-corrected chi connectivity index (χ3v) is 3.99. The van der Waals surface area contributed by atoms with Crippen LogP contribution in [0.15, 0.2) is 77.9 Å². The minimum absolute atomic E-state index is 0.0951. The summed E-state index contributed by atoms with van der Waals surface area (Å²) in [4.78, 5) is 12.1. The summed E-state index contributed by atoms with van der Waals surface area (Å²) < 4.78 is 5.69. The zero-order chi connectivity index (χ0) is 19.1. The van der Waals surface area contributed by atoms with Crippen LogP contribution in [-0.4, -0.2) is 17.2 Å². The van der Waals surface area contributed by atoms with Crippen molar-refractivity contribution in [3.05, 3.63) is 94.5 Å². The summed E-state index contributed by atoms with van der Waals surface area (Å²) >= 11 is 5.85. The minimum Gasteiger partial charge on any atom is -0.507 e. The molecule has 1 amide bonds. The lowest BCUT2D eigenvalue weighted by molar-refractivity contribution is 0.0955. The highest BCUT2D eigenvalue weighted by atomic mass is 35.5. The number of phenolic OH excluding ortho intramolecular Hbond substituents is 1. The number of aromatic hydroxyl groups is 1. The van der Waals surface area contributed by atoms with Crippen molar-refractivity contribution >= 4 is 23.7 Å². The van der Waals surface area contributed by atoms with E-state index in [-0.39, 0.29) is 11.7 Å². The van der Waals surface area contributed by atoms with Gasteiger partial charge in [-0.05, 0) is 54.1 Å². The second kappa shape index (κ2) is 8.87. The van der Waals surface area contributed by atoms with E-state index in [0.717, 1.165) is 5.56 Å². The average Bonchev–Trinajstić information content (AvgIpc) is 2.69. The third-order valence-electron chi connectivity index (χ3n) is 3.74. The molecule has 0 bridgehead atoms. The van der Waals surface area contributed by atoms with Gasteiger partial charge in [0.1, 0.15) is 18.1 Å². The Kier molecular flexibility index (Phi) is 6.07. The highest BCUT2D eigenvalue weighted by Crippen LogP contribution is 2.16. The van der Waals surface area contributed by atoms with Crippen molar-refractivity contribution in [3.8, 4) is 11.5 Å². The Morgan fingerprint density at radius 2 is 1.74 bits per heavy atom. The van der Waals surface area contributed by atoms with Crippen LogP contribution in [0.5, 0.6) is 11.5 Å².